The van der Waals surface area contributed by atoms with Gasteiger partial charge in [0.2, 0.25) is 0 Å². The van der Waals surface area contributed by atoms with Crippen molar-refractivity contribution >= 4 is 15.9 Å². The molecule has 1 nitrogen and oxygen atoms in total. The number of hydrogen-bond acceptors (Lipinski definition) is 1. The molecule has 0 amide bonds. The van der Waals surface area contributed by atoms with Crippen molar-refractivity contribution in [2.24, 2.45) is 5.92 Å². The van der Waals surface area contributed by atoms with Gasteiger partial charge in [0.05, 0.1) is 0 Å². The smallest absolute Gasteiger partial charge is 0.0175 e. The first-order valence-corrected chi connectivity index (χ1v) is 7.86. The lowest BCUT2D eigenvalue weighted by Crippen LogP contribution is -2.40. The fourth-order valence-corrected chi connectivity index (χ4v) is 2.88. The maximum Gasteiger partial charge on any atom is 0.0175 e. The van der Waals surface area contributed by atoms with Crippen molar-refractivity contribution in [3.05, 3.63) is 34.3 Å². The average Bonchev–Trinajstić information content (AvgIpc) is 2.33. The van der Waals surface area contributed by atoms with Gasteiger partial charge in [-0.05, 0) is 43.9 Å². The molecule has 0 spiro atoms. The Morgan fingerprint density at radius 1 is 1.06 bits per heavy atom. The molecule has 1 aromatic carbocycles. The maximum absolute atomic E-state index is 3.73. The van der Waals surface area contributed by atoms with Crippen LogP contribution in [0.4, 0.5) is 0 Å². The molecule has 2 atom stereocenters. The molecule has 1 N–H and O–H groups in total. The molecule has 0 saturated carbocycles. The lowest BCUT2D eigenvalue weighted by molar-refractivity contribution is 0.327. The van der Waals surface area contributed by atoms with E-state index in [1.807, 2.05) is 0 Å². The van der Waals surface area contributed by atoms with E-state index in [1.54, 1.807) is 0 Å². The molecular weight excluding hydrogens is 286 g/mol. The number of nitrogens with one attached hydrogen (secondary N) is 1. The summed E-state index contributed by atoms with van der Waals surface area (Å²) in [6.07, 6.45) is 3.61. The van der Waals surface area contributed by atoms with Gasteiger partial charge in [0, 0.05) is 16.6 Å². The lowest BCUT2D eigenvalue weighted by Gasteiger charge is -2.26. The zero-order valence-corrected chi connectivity index (χ0v) is 13.6. The standard InChI is InChI=1S/C16H26BrN/c1-5-15(6-2)13(4)18-12(3)11-14-7-9-16(17)10-8-14/h7-10,12-13,15,18H,5-6,11H2,1-4H3. The second kappa shape index (κ2) is 7.96. The Morgan fingerprint density at radius 3 is 2.11 bits per heavy atom. The summed E-state index contributed by atoms with van der Waals surface area (Å²) in [7, 11) is 0. The zero-order chi connectivity index (χ0) is 13.5. The minimum Gasteiger partial charge on any atom is -0.311 e. The van der Waals surface area contributed by atoms with E-state index in [4.69, 9.17) is 0 Å². The molecule has 0 saturated heterocycles. The zero-order valence-electron chi connectivity index (χ0n) is 12.0. The van der Waals surface area contributed by atoms with Crippen LogP contribution in [0.5, 0.6) is 0 Å². The van der Waals surface area contributed by atoms with Crippen LogP contribution in [-0.4, -0.2) is 12.1 Å². The minimum absolute atomic E-state index is 0.529. The van der Waals surface area contributed by atoms with Crippen molar-refractivity contribution in [3.8, 4) is 0 Å². The predicted molar refractivity (Wildman–Crippen MR) is 84.0 cm³/mol. The van der Waals surface area contributed by atoms with Crippen LogP contribution in [0.3, 0.4) is 0 Å². The Morgan fingerprint density at radius 2 is 1.61 bits per heavy atom. The number of hydrogen-bond donors (Lipinski definition) is 1. The Labute approximate surface area is 120 Å². The Bertz CT molecular complexity index is 329. The molecule has 18 heavy (non-hydrogen) atoms. The third-order valence-electron chi connectivity index (χ3n) is 3.76. The van der Waals surface area contributed by atoms with Crippen LogP contribution in [0.2, 0.25) is 0 Å². The molecule has 102 valence electrons. The Hall–Kier alpha value is -0.340. The van der Waals surface area contributed by atoms with E-state index in [-0.39, 0.29) is 0 Å². The van der Waals surface area contributed by atoms with Crippen molar-refractivity contribution < 1.29 is 0 Å². The summed E-state index contributed by atoms with van der Waals surface area (Å²) in [5, 5.41) is 3.73. The highest BCUT2D eigenvalue weighted by Crippen LogP contribution is 2.15. The van der Waals surface area contributed by atoms with Gasteiger partial charge >= 0.3 is 0 Å². The van der Waals surface area contributed by atoms with Gasteiger partial charge in [-0.15, -0.1) is 0 Å². The summed E-state index contributed by atoms with van der Waals surface area (Å²) >= 11 is 3.47. The van der Waals surface area contributed by atoms with Crippen molar-refractivity contribution in [2.75, 3.05) is 0 Å². The van der Waals surface area contributed by atoms with E-state index in [9.17, 15) is 0 Å². The van der Waals surface area contributed by atoms with Gasteiger partial charge < -0.3 is 5.32 Å². The molecule has 2 unspecified atom stereocenters. The summed E-state index contributed by atoms with van der Waals surface area (Å²) in [6.45, 7) is 9.16. The van der Waals surface area contributed by atoms with Crippen molar-refractivity contribution in [1.29, 1.82) is 0 Å². The van der Waals surface area contributed by atoms with Gasteiger partial charge in [-0.25, -0.2) is 0 Å². The monoisotopic (exact) mass is 311 g/mol. The van der Waals surface area contributed by atoms with Crippen LogP contribution in [-0.2, 0) is 6.42 Å². The predicted octanol–water partition coefficient (Wildman–Crippen LogP) is 4.79. The van der Waals surface area contributed by atoms with E-state index in [2.05, 4.69) is 73.2 Å². The fourth-order valence-electron chi connectivity index (χ4n) is 2.61. The van der Waals surface area contributed by atoms with Gasteiger partial charge in [-0.2, -0.15) is 0 Å². The molecule has 0 radical (unpaired) electrons. The van der Waals surface area contributed by atoms with E-state index in [0.29, 0.717) is 12.1 Å². The number of rotatable bonds is 7. The fraction of sp³-hybridized carbons (Fsp3) is 0.625. The molecule has 0 aliphatic carbocycles. The Balaban J connectivity index is 2.45. The molecule has 0 bridgehead atoms. The third-order valence-corrected chi connectivity index (χ3v) is 4.29. The largest absolute Gasteiger partial charge is 0.311 e. The topological polar surface area (TPSA) is 12.0 Å². The van der Waals surface area contributed by atoms with E-state index in [0.717, 1.165) is 16.8 Å². The Kier molecular flexibility index (Phi) is 6.95. The van der Waals surface area contributed by atoms with E-state index in [1.165, 1.54) is 18.4 Å². The van der Waals surface area contributed by atoms with Gasteiger partial charge in [-0.3, -0.25) is 0 Å². The van der Waals surface area contributed by atoms with Crippen LogP contribution in [0, 0.1) is 5.92 Å². The van der Waals surface area contributed by atoms with E-state index >= 15 is 0 Å². The molecule has 1 aromatic rings. The highest BCUT2D eigenvalue weighted by Gasteiger charge is 2.15. The normalized spacial score (nSPS) is 14.8. The van der Waals surface area contributed by atoms with Crippen LogP contribution in [0.1, 0.15) is 46.1 Å². The molecule has 0 aromatic heterocycles. The summed E-state index contributed by atoms with van der Waals surface area (Å²) in [4.78, 5) is 0. The quantitative estimate of drug-likeness (QED) is 0.763. The molecule has 2 heteroatoms. The second-order valence-electron chi connectivity index (χ2n) is 5.26. The maximum atomic E-state index is 3.73. The van der Waals surface area contributed by atoms with Crippen LogP contribution >= 0.6 is 15.9 Å². The summed E-state index contributed by atoms with van der Waals surface area (Å²) in [5.41, 5.74) is 1.40. The van der Waals surface area contributed by atoms with Gasteiger partial charge in [0.15, 0.2) is 0 Å². The van der Waals surface area contributed by atoms with Gasteiger partial charge in [0.25, 0.3) is 0 Å². The average molecular weight is 312 g/mol. The number of benzene rings is 1. The van der Waals surface area contributed by atoms with Gasteiger partial charge in [-0.1, -0.05) is 54.8 Å². The van der Waals surface area contributed by atoms with Crippen molar-refractivity contribution in [1.82, 2.24) is 5.32 Å². The molecule has 1 rings (SSSR count). The van der Waals surface area contributed by atoms with E-state index < -0.39 is 0 Å². The van der Waals surface area contributed by atoms with Crippen LogP contribution in [0.25, 0.3) is 0 Å². The molecule has 0 aliphatic heterocycles. The van der Waals surface area contributed by atoms with Crippen LogP contribution < -0.4 is 5.32 Å². The molecule has 0 aliphatic rings. The van der Waals surface area contributed by atoms with Crippen molar-refractivity contribution in [2.45, 2.75) is 59.0 Å². The lowest BCUT2D eigenvalue weighted by atomic mass is 9.94. The minimum atomic E-state index is 0.529. The second-order valence-corrected chi connectivity index (χ2v) is 6.18. The van der Waals surface area contributed by atoms with Gasteiger partial charge in [0.1, 0.15) is 0 Å². The molecule has 0 fully saturated rings. The first-order valence-electron chi connectivity index (χ1n) is 7.07. The summed E-state index contributed by atoms with van der Waals surface area (Å²) < 4.78 is 1.15. The summed E-state index contributed by atoms with van der Waals surface area (Å²) in [5.74, 6) is 0.789. The highest BCUT2D eigenvalue weighted by molar-refractivity contribution is 9.10. The third kappa shape index (κ3) is 5.11. The molecular formula is C16H26BrN. The van der Waals surface area contributed by atoms with Crippen LogP contribution in [0.15, 0.2) is 28.7 Å². The SMILES string of the molecule is CCC(CC)C(C)NC(C)Cc1ccc(Br)cc1. The first-order chi connectivity index (χ1) is 8.56. The highest BCUT2D eigenvalue weighted by atomic mass is 79.9. The summed E-state index contributed by atoms with van der Waals surface area (Å²) in [6, 6.07) is 9.76. The first kappa shape index (κ1) is 15.7. The number of halogens is 1. The van der Waals surface area contributed by atoms with Crippen molar-refractivity contribution in [3.63, 3.8) is 0 Å². The molecule has 0 heterocycles.